The molecule has 3 aliphatic heterocycles. The molecule has 5 aliphatic rings. The zero-order chi connectivity index (χ0) is 76.3. The van der Waals surface area contributed by atoms with Crippen LogP contribution in [0.5, 0.6) is 0 Å². The van der Waals surface area contributed by atoms with Gasteiger partial charge in [-0.15, -0.1) is 0 Å². The number of unbranched alkanes of at least 4 members (excludes halogenated alkanes) is 2. The van der Waals surface area contributed by atoms with Crippen LogP contribution in [-0.2, 0) is 59.6 Å². The number of nitrogens with two attached hydrogens (primary N) is 1. The number of ether oxygens (including phenoxy) is 1. The monoisotopic (exact) mass is 1480 g/mol. The van der Waals surface area contributed by atoms with E-state index in [1.807, 2.05) is 94.8 Å². The fourth-order valence-corrected chi connectivity index (χ4v) is 18.8. The van der Waals surface area contributed by atoms with E-state index < -0.39 is 41.9 Å². The average Bonchev–Trinajstić information content (AvgIpc) is 1.41. The number of carbonyl (C=O) groups is 10. The second-order valence-corrected chi connectivity index (χ2v) is 32.4. The fraction of sp³-hybridized carbons (Fsp3) is 0.512. The number of pyridine rings is 1. The molecule has 27 heteroatoms. The summed E-state index contributed by atoms with van der Waals surface area (Å²) in [6, 6.07) is 22.2. The number of hydrogen-bond donors (Lipinski definition) is 7. The highest BCUT2D eigenvalue weighted by atomic mass is 32.1. The highest BCUT2D eigenvalue weighted by Gasteiger charge is 2.54. The van der Waals surface area contributed by atoms with Gasteiger partial charge >= 0.3 is 24.1 Å². The quantitative estimate of drug-likeness (QED) is 0.0149. The topological polar surface area (TPSA) is 351 Å². The van der Waals surface area contributed by atoms with Gasteiger partial charge in [0.2, 0.25) is 11.8 Å². The van der Waals surface area contributed by atoms with E-state index in [-0.39, 0.29) is 109 Å². The standard InChI is InChI=1S/C80H101N13O13S/c1-50(2)70(87-66(95)20-8-7-11-34-92-67(96)27-28-68(92)97)63(94)39-55(16-13-33-82-75(81)104)72(100)84-56-23-21-53(22-24-56)45-106-77(105)91(57-30-36-89(37-31-57)44-69(98)99)35-14-32-80-41-51(3)40-78(5,47-80)46-79(6,48-80)49-93-52(4)60(42-83-93)58-25-26-65(86-71(58)74(102)103)90-38-29-54-15-12-17-59(61(54)43-90)73(101)88-76-85-62-18-9-10-19-64(62)107-76/h9-10,12,15,17-19,21-28,42,50-51,55,57,70H,7-8,11,13-14,16,20,29-41,43-49H2,1-6H3,(H,84,100)(H,87,95)(H,98,99)(H,102,103)(H3,81,82,104)(H,85,88,101)/t51?,55-,70+,78?,79?,80?/m1/s1. The van der Waals surface area contributed by atoms with Gasteiger partial charge in [0, 0.05) is 117 Å². The number of hydrogen-bond acceptors (Lipinski definition) is 17. The molecule has 11 rings (SSSR count). The van der Waals surface area contributed by atoms with Crippen molar-refractivity contribution in [1.29, 1.82) is 0 Å². The first-order valence-corrected chi connectivity index (χ1v) is 38.4. The Morgan fingerprint density at radius 1 is 0.822 bits per heavy atom. The van der Waals surface area contributed by atoms with Crippen LogP contribution >= 0.6 is 11.3 Å². The Bertz CT molecular complexity index is 4290. The molecular weight excluding hydrogens is 1380 g/mol. The van der Waals surface area contributed by atoms with Gasteiger partial charge in [-0.2, -0.15) is 5.10 Å². The number of rotatable bonds is 33. The van der Waals surface area contributed by atoms with E-state index in [1.54, 1.807) is 30.5 Å². The van der Waals surface area contributed by atoms with Crippen molar-refractivity contribution in [3.8, 4) is 11.1 Å². The smallest absolute Gasteiger partial charge is 0.410 e. The number of carbonyl (C=O) groups excluding carboxylic acids is 8. The summed E-state index contributed by atoms with van der Waals surface area (Å²) in [6.45, 7) is 16.0. The lowest BCUT2D eigenvalue weighted by Gasteiger charge is -2.59. The maximum absolute atomic E-state index is 14.6. The van der Waals surface area contributed by atoms with Crippen LogP contribution in [-0.4, -0.2) is 162 Å². The van der Waals surface area contributed by atoms with Crippen molar-refractivity contribution in [2.45, 2.75) is 182 Å². The molecule has 8 N–H and O–H groups in total. The summed E-state index contributed by atoms with van der Waals surface area (Å²) in [5, 5.41) is 37.3. The molecule has 570 valence electrons. The summed E-state index contributed by atoms with van der Waals surface area (Å²) in [5.74, 6) is -4.32. The molecule has 26 nitrogen and oxygen atoms in total. The van der Waals surface area contributed by atoms with E-state index in [4.69, 9.17) is 20.6 Å². The molecule has 6 atom stereocenters. The summed E-state index contributed by atoms with van der Waals surface area (Å²) in [4.78, 5) is 146. The number of aliphatic carboxylic acids is 1. The van der Waals surface area contributed by atoms with Gasteiger partial charge in [0.05, 0.1) is 29.0 Å². The van der Waals surface area contributed by atoms with Crippen LogP contribution in [0.1, 0.15) is 181 Å². The maximum atomic E-state index is 14.6. The van der Waals surface area contributed by atoms with Gasteiger partial charge in [-0.1, -0.05) is 88.8 Å². The van der Waals surface area contributed by atoms with Gasteiger partial charge < -0.3 is 46.4 Å². The molecule has 3 fully saturated rings. The number of piperidine rings is 1. The number of amides is 8. The van der Waals surface area contributed by atoms with Crippen LogP contribution in [0.2, 0.25) is 0 Å². The number of urea groups is 1. The molecule has 1 saturated heterocycles. The summed E-state index contributed by atoms with van der Waals surface area (Å²) in [5.41, 5.74) is 11.3. The Hall–Kier alpha value is -9.89. The predicted molar refractivity (Wildman–Crippen MR) is 406 cm³/mol. The number of aromatic nitrogens is 4. The number of Topliss-reactive ketones (excluding diaryl/α,β-unsaturated/α-hetero) is 1. The van der Waals surface area contributed by atoms with Crippen molar-refractivity contribution in [1.82, 2.24) is 45.1 Å². The van der Waals surface area contributed by atoms with E-state index in [9.17, 15) is 58.2 Å². The number of aromatic carboxylic acids is 1. The van der Waals surface area contributed by atoms with Crippen LogP contribution in [0, 0.1) is 40.9 Å². The molecular formula is C80H101N13O13S. The number of ketones is 1. The van der Waals surface area contributed by atoms with Crippen LogP contribution in [0.15, 0.2) is 97.2 Å². The van der Waals surface area contributed by atoms with Crippen molar-refractivity contribution in [3.63, 3.8) is 0 Å². The fourth-order valence-electron chi connectivity index (χ4n) is 18.0. The van der Waals surface area contributed by atoms with Crippen LogP contribution in [0.4, 0.5) is 26.2 Å². The van der Waals surface area contributed by atoms with Gasteiger partial charge in [0.15, 0.2) is 16.6 Å². The SMILES string of the molecule is Cc1c(-c2ccc(N3CCc4cccc(C(=O)Nc5nc6ccccc6s5)c4C3)nc2C(=O)O)cnn1CC1(C)CC2(C)CC(C)CC(CCCN(C(=O)OCc3ccc(NC(=O)[C@H](CCCNC(N)=O)CC(=O)[C@@H](NC(=O)CCCCCN4C(=O)C=CC4=O)C(C)C)cc3)C3CCN(CC(=O)O)CC3)(C2)C1. The van der Waals surface area contributed by atoms with Crippen molar-refractivity contribution in [3.05, 3.63) is 131 Å². The number of fused-ring (bicyclic) bond motifs is 4. The second-order valence-electron chi connectivity index (χ2n) is 31.4. The Labute approximate surface area is 628 Å². The molecule has 8 amide bonds. The van der Waals surface area contributed by atoms with E-state index in [0.29, 0.717) is 135 Å². The number of carboxylic acids is 2. The number of anilines is 3. The third-order valence-electron chi connectivity index (χ3n) is 22.1. The summed E-state index contributed by atoms with van der Waals surface area (Å²) < 4.78 is 9.14. The number of imide groups is 1. The Morgan fingerprint density at radius 3 is 2.30 bits per heavy atom. The molecule has 2 saturated carbocycles. The van der Waals surface area contributed by atoms with Gasteiger partial charge in [0.1, 0.15) is 12.4 Å². The molecule has 0 radical (unpaired) electrons. The summed E-state index contributed by atoms with van der Waals surface area (Å²) in [7, 11) is 0. The largest absolute Gasteiger partial charge is 0.480 e. The molecule has 6 aromatic rings. The first-order chi connectivity index (χ1) is 51.1. The lowest BCUT2D eigenvalue weighted by Crippen LogP contribution is -2.51. The Morgan fingerprint density at radius 2 is 1.58 bits per heavy atom. The first-order valence-electron chi connectivity index (χ1n) is 37.6. The summed E-state index contributed by atoms with van der Waals surface area (Å²) >= 11 is 1.41. The molecule has 2 bridgehead atoms. The number of carboxylic acid groups (broad SMARTS) is 2. The zero-order valence-corrected chi connectivity index (χ0v) is 63.0. The maximum Gasteiger partial charge on any atom is 0.410 e. The number of benzene rings is 3. The molecule has 3 aromatic heterocycles. The lowest BCUT2D eigenvalue weighted by molar-refractivity contribution is -0.139. The number of primary amides is 1. The second kappa shape index (κ2) is 34.3. The van der Waals surface area contributed by atoms with Gasteiger partial charge in [-0.3, -0.25) is 53.4 Å². The van der Waals surface area contributed by atoms with Gasteiger partial charge in [-0.25, -0.2) is 24.4 Å². The minimum Gasteiger partial charge on any atom is -0.480 e. The van der Waals surface area contributed by atoms with Crippen molar-refractivity contribution < 1.29 is 62.9 Å². The van der Waals surface area contributed by atoms with Crippen molar-refractivity contribution in [2.75, 3.05) is 61.3 Å². The molecule has 107 heavy (non-hydrogen) atoms. The highest BCUT2D eigenvalue weighted by Crippen LogP contribution is 2.64. The highest BCUT2D eigenvalue weighted by molar-refractivity contribution is 7.22. The Kier molecular flexibility index (Phi) is 25.1. The molecule has 0 spiro atoms. The van der Waals surface area contributed by atoms with Crippen molar-refractivity contribution in [2.24, 2.45) is 39.7 Å². The number of thiazole rings is 1. The average molecular weight is 1480 g/mol. The van der Waals surface area contributed by atoms with Crippen LogP contribution in [0.3, 0.4) is 0 Å². The zero-order valence-electron chi connectivity index (χ0n) is 62.2. The molecule has 3 aromatic carbocycles. The van der Waals surface area contributed by atoms with Gasteiger partial charge in [0.25, 0.3) is 17.7 Å². The number of likely N-dealkylation sites (tertiary alicyclic amines) is 1. The minimum absolute atomic E-state index is 0.0307. The molecule has 6 heterocycles. The Balaban J connectivity index is 0.716. The third kappa shape index (κ3) is 19.8. The lowest BCUT2D eigenvalue weighted by atomic mass is 9.46. The molecule has 4 unspecified atom stereocenters. The first kappa shape index (κ1) is 78.2. The third-order valence-corrected chi connectivity index (χ3v) is 23.0. The van der Waals surface area contributed by atoms with Gasteiger partial charge in [-0.05, 0) is 184 Å². The number of nitrogens with one attached hydrogen (secondary N) is 4. The predicted octanol–water partition coefficient (Wildman–Crippen LogP) is 11.5. The van der Waals surface area contributed by atoms with E-state index in [0.717, 1.165) is 70.5 Å². The van der Waals surface area contributed by atoms with Crippen molar-refractivity contribution >= 4 is 97.6 Å². The number of nitrogens with zero attached hydrogens (tertiary/aromatic N) is 8. The minimum atomic E-state index is -1.16. The van der Waals surface area contributed by atoms with Crippen LogP contribution in [0.25, 0.3) is 21.3 Å². The van der Waals surface area contributed by atoms with E-state index >= 15 is 0 Å². The van der Waals surface area contributed by atoms with E-state index in [2.05, 4.69) is 47.0 Å². The van der Waals surface area contributed by atoms with E-state index in [1.165, 1.54) is 23.5 Å². The normalized spacial score (nSPS) is 20.7. The number of para-hydroxylation sites is 1. The molecule has 2 aliphatic carbocycles. The van der Waals surface area contributed by atoms with Crippen LogP contribution < -0.4 is 31.9 Å². The summed E-state index contributed by atoms with van der Waals surface area (Å²) in [6.07, 6.45) is 14.2.